The van der Waals surface area contributed by atoms with Gasteiger partial charge in [-0.05, 0) is 11.4 Å². The first kappa shape index (κ1) is 15.7. The Balaban J connectivity index is 2.32. The first-order valence-corrected chi connectivity index (χ1v) is 6.74. The summed E-state index contributed by atoms with van der Waals surface area (Å²) >= 11 is 1.56. The van der Waals surface area contributed by atoms with E-state index in [9.17, 15) is 4.79 Å². The van der Waals surface area contributed by atoms with Gasteiger partial charge in [0.25, 0.3) is 0 Å². The van der Waals surface area contributed by atoms with Crippen molar-refractivity contribution in [2.45, 2.75) is 6.54 Å². The van der Waals surface area contributed by atoms with Crippen LogP contribution in [0.15, 0.2) is 11.4 Å². The van der Waals surface area contributed by atoms with Gasteiger partial charge in [0.1, 0.15) is 6.61 Å². The molecule has 1 aromatic heterocycles. The molecule has 5 nitrogen and oxygen atoms in total. The van der Waals surface area contributed by atoms with Crippen LogP contribution < -0.4 is 11.1 Å². The zero-order chi connectivity index (χ0) is 13.9. The van der Waals surface area contributed by atoms with Gasteiger partial charge in [-0.15, -0.1) is 11.3 Å². The van der Waals surface area contributed by atoms with E-state index in [1.165, 1.54) is 0 Å². The first-order valence-electron chi connectivity index (χ1n) is 5.86. The fourth-order valence-electron chi connectivity index (χ4n) is 1.27. The van der Waals surface area contributed by atoms with Crippen molar-refractivity contribution in [2.24, 2.45) is 5.73 Å². The lowest BCUT2D eigenvalue weighted by atomic mass is 10.2. The quantitative estimate of drug-likeness (QED) is 0.558. The van der Waals surface area contributed by atoms with Crippen molar-refractivity contribution < 1.29 is 14.3 Å². The predicted octanol–water partition coefficient (Wildman–Crippen LogP) is 0.338. The normalized spacial score (nSPS) is 9.79. The van der Waals surface area contributed by atoms with Gasteiger partial charge in [-0.2, -0.15) is 0 Å². The molecular formula is C13H18N2O3S. The van der Waals surface area contributed by atoms with Crippen molar-refractivity contribution in [2.75, 3.05) is 33.5 Å². The molecule has 0 saturated heterocycles. The van der Waals surface area contributed by atoms with Crippen LogP contribution in [0.2, 0.25) is 0 Å². The minimum atomic E-state index is -0.151. The summed E-state index contributed by atoms with van der Waals surface area (Å²) in [5.74, 6) is 5.62. The van der Waals surface area contributed by atoms with Gasteiger partial charge in [0.05, 0.1) is 26.3 Å². The highest BCUT2D eigenvalue weighted by Gasteiger charge is 2.05. The lowest BCUT2D eigenvalue weighted by molar-refractivity contribution is -0.126. The molecule has 19 heavy (non-hydrogen) atoms. The maximum absolute atomic E-state index is 11.5. The van der Waals surface area contributed by atoms with E-state index < -0.39 is 0 Å². The number of hydrogen-bond acceptors (Lipinski definition) is 5. The maximum atomic E-state index is 11.5. The van der Waals surface area contributed by atoms with Crippen LogP contribution in [0.25, 0.3) is 0 Å². The SMILES string of the molecule is COCCOCC(=O)NCc1sccc1C#CCN. The number of nitrogens with two attached hydrogens (primary N) is 1. The van der Waals surface area contributed by atoms with Crippen LogP contribution in [-0.4, -0.2) is 39.4 Å². The third kappa shape index (κ3) is 6.36. The fraction of sp³-hybridized carbons (Fsp3) is 0.462. The number of thiophene rings is 1. The zero-order valence-corrected chi connectivity index (χ0v) is 11.7. The Labute approximate surface area is 117 Å². The summed E-state index contributed by atoms with van der Waals surface area (Å²) in [6.45, 7) is 1.72. The Morgan fingerprint density at radius 1 is 1.53 bits per heavy atom. The standard InChI is InChI=1S/C13H18N2O3S/c1-17-6-7-18-10-13(16)15-9-12-11(3-2-5-14)4-8-19-12/h4,8H,5-7,9-10,14H2,1H3,(H,15,16). The predicted molar refractivity (Wildman–Crippen MR) is 74.8 cm³/mol. The van der Waals surface area contributed by atoms with Crippen molar-refractivity contribution in [3.05, 3.63) is 21.9 Å². The lowest BCUT2D eigenvalue weighted by Crippen LogP contribution is -2.27. The van der Waals surface area contributed by atoms with Crippen LogP contribution in [0.1, 0.15) is 10.4 Å². The molecule has 6 heteroatoms. The molecule has 0 bridgehead atoms. The van der Waals surface area contributed by atoms with Gasteiger partial charge >= 0.3 is 0 Å². The molecule has 0 aliphatic rings. The highest BCUT2D eigenvalue weighted by atomic mass is 32.1. The molecular weight excluding hydrogens is 264 g/mol. The van der Waals surface area contributed by atoms with Gasteiger partial charge in [0.15, 0.2) is 0 Å². The van der Waals surface area contributed by atoms with Crippen LogP contribution in [0.5, 0.6) is 0 Å². The third-order valence-corrected chi connectivity index (χ3v) is 3.10. The Bertz CT molecular complexity index is 448. The zero-order valence-electron chi connectivity index (χ0n) is 10.9. The van der Waals surface area contributed by atoms with Crippen molar-refractivity contribution in [3.63, 3.8) is 0 Å². The second kappa shape index (κ2) is 9.53. The monoisotopic (exact) mass is 282 g/mol. The number of carbonyl (C=O) groups excluding carboxylic acids is 1. The summed E-state index contributed by atoms with van der Waals surface area (Å²) < 4.78 is 9.94. The minimum absolute atomic E-state index is 0.0402. The van der Waals surface area contributed by atoms with E-state index in [0.717, 1.165) is 10.4 Å². The molecule has 1 amide bonds. The maximum Gasteiger partial charge on any atom is 0.246 e. The smallest absolute Gasteiger partial charge is 0.246 e. The van der Waals surface area contributed by atoms with E-state index in [1.54, 1.807) is 18.4 Å². The molecule has 0 saturated carbocycles. The summed E-state index contributed by atoms with van der Waals surface area (Å²) in [5, 5.41) is 4.73. The average molecular weight is 282 g/mol. The molecule has 0 spiro atoms. The first-order chi connectivity index (χ1) is 9.27. The van der Waals surface area contributed by atoms with Crippen LogP contribution in [0.3, 0.4) is 0 Å². The highest BCUT2D eigenvalue weighted by molar-refractivity contribution is 7.10. The van der Waals surface area contributed by atoms with E-state index in [2.05, 4.69) is 17.2 Å². The third-order valence-electron chi connectivity index (χ3n) is 2.18. The largest absolute Gasteiger partial charge is 0.382 e. The molecule has 0 unspecified atom stereocenters. The summed E-state index contributed by atoms with van der Waals surface area (Å²) in [4.78, 5) is 12.5. The summed E-state index contributed by atoms with van der Waals surface area (Å²) in [6.07, 6.45) is 0. The van der Waals surface area contributed by atoms with Crippen molar-refractivity contribution >= 4 is 17.2 Å². The Kier molecular flexibility index (Phi) is 7.86. The van der Waals surface area contributed by atoms with Gasteiger partial charge in [-0.1, -0.05) is 11.8 Å². The summed E-state index contributed by atoms with van der Waals surface area (Å²) in [5.41, 5.74) is 6.24. The molecule has 3 N–H and O–H groups in total. The topological polar surface area (TPSA) is 73.6 Å². The summed E-state index contributed by atoms with van der Waals surface area (Å²) in [6, 6.07) is 1.92. The number of rotatable bonds is 7. The van der Waals surface area contributed by atoms with Gasteiger partial charge in [-0.25, -0.2) is 0 Å². The number of methoxy groups -OCH3 is 1. The van der Waals surface area contributed by atoms with Crippen LogP contribution >= 0.6 is 11.3 Å². The molecule has 0 aliphatic heterocycles. The molecule has 1 aromatic rings. The van der Waals surface area contributed by atoms with Gasteiger partial charge in [0.2, 0.25) is 5.91 Å². The minimum Gasteiger partial charge on any atom is -0.382 e. The molecule has 0 radical (unpaired) electrons. The molecule has 0 atom stereocenters. The van der Waals surface area contributed by atoms with E-state index in [-0.39, 0.29) is 12.5 Å². The Morgan fingerprint density at radius 3 is 3.11 bits per heavy atom. The number of hydrogen-bond donors (Lipinski definition) is 2. The van der Waals surface area contributed by atoms with Gasteiger partial charge in [0, 0.05) is 17.6 Å². The number of carbonyl (C=O) groups is 1. The molecule has 1 heterocycles. The Hall–Kier alpha value is -1.39. The van der Waals surface area contributed by atoms with Crippen molar-refractivity contribution in [3.8, 4) is 11.8 Å². The average Bonchev–Trinajstić information content (AvgIpc) is 2.86. The molecule has 0 aromatic carbocycles. The van der Waals surface area contributed by atoms with Gasteiger partial charge in [-0.3, -0.25) is 4.79 Å². The van der Waals surface area contributed by atoms with Crippen LogP contribution in [-0.2, 0) is 20.8 Å². The molecule has 0 fully saturated rings. The van der Waals surface area contributed by atoms with E-state index >= 15 is 0 Å². The molecule has 1 rings (SSSR count). The highest BCUT2D eigenvalue weighted by Crippen LogP contribution is 2.15. The van der Waals surface area contributed by atoms with Crippen LogP contribution in [0.4, 0.5) is 0 Å². The second-order valence-electron chi connectivity index (χ2n) is 3.59. The number of amides is 1. The molecule has 104 valence electrons. The second-order valence-corrected chi connectivity index (χ2v) is 4.59. The van der Waals surface area contributed by atoms with Crippen LogP contribution in [0, 0.1) is 11.8 Å². The van der Waals surface area contributed by atoms with Crippen molar-refractivity contribution in [1.82, 2.24) is 5.32 Å². The van der Waals surface area contributed by atoms with E-state index in [1.807, 2.05) is 11.4 Å². The molecule has 0 aliphatic carbocycles. The number of ether oxygens (including phenoxy) is 2. The van der Waals surface area contributed by atoms with E-state index in [0.29, 0.717) is 26.3 Å². The van der Waals surface area contributed by atoms with Crippen molar-refractivity contribution in [1.29, 1.82) is 0 Å². The van der Waals surface area contributed by atoms with Gasteiger partial charge < -0.3 is 20.5 Å². The Morgan fingerprint density at radius 2 is 2.37 bits per heavy atom. The van der Waals surface area contributed by atoms with E-state index in [4.69, 9.17) is 15.2 Å². The fourth-order valence-corrected chi connectivity index (χ4v) is 2.04. The number of nitrogens with one attached hydrogen (secondary N) is 1. The lowest BCUT2D eigenvalue weighted by Gasteiger charge is -2.05. The summed E-state index contributed by atoms with van der Waals surface area (Å²) in [7, 11) is 1.59.